The highest BCUT2D eigenvalue weighted by molar-refractivity contribution is 6.32. The molecule has 1 aromatic heterocycles. The van der Waals surface area contributed by atoms with E-state index in [0.717, 1.165) is 4.68 Å². The molecule has 0 fully saturated rings. The molecule has 0 aliphatic heterocycles. The molecule has 2 aromatic rings. The van der Waals surface area contributed by atoms with E-state index in [1.807, 2.05) is 0 Å². The molecule has 0 spiro atoms. The quantitative estimate of drug-likeness (QED) is 0.635. The predicted molar refractivity (Wildman–Crippen MR) is 64.6 cm³/mol. The van der Waals surface area contributed by atoms with Gasteiger partial charge in [-0.2, -0.15) is 5.10 Å². The number of halogens is 2. The van der Waals surface area contributed by atoms with Crippen molar-refractivity contribution >= 4 is 17.3 Å². The SMILES string of the molecule is CCc1nn(-c2ccccc2F)c(Cl)c1[N+](=O)[O-]. The maximum Gasteiger partial charge on any atom is 0.329 e. The van der Waals surface area contributed by atoms with E-state index in [4.69, 9.17) is 11.6 Å². The molecule has 0 saturated carbocycles. The van der Waals surface area contributed by atoms with Crippen LogP contribution >= 0.6 is 11.6 Å². The summed E-state index contributed by atoms with van der Waals surface area (Å²) in [5.41, 5.74) is 0.0426. The second kappa shape index (κ2) is 4.73. The van der Waals surface area contributed by atoms with Gasteiger partial charge in [-0.25, -0.2) is 9.07 Å². The molecule has 0 atom stereocenters. The lowest BCUT2D eigenvalue weighted by Gasteiger charge is -2.02. The Labute approximate surface area is 107 Å². The van der Waals surface area contributed by atoms with Crippen LogP contribution in [0.15, 0.2) is 24.3 Å². The fraction of sp³-hybridized carbons (Fsp3) is 0.182. The minimum atomic E-state index is -0.606. The number of aromatic nitrogens is 2. The molecule has 0 saturated heterocycles. The first-order valence-corrected chi connectivity index (χ1v) is 5.60. The van der Waals surface area contributed by atoms with Crippen LogP contribution in [0, 0.1) is 15.9 Å². The molecule has 0 N–H and O–H groups in total. The molecular weight excluding hydrogens is 261 g/mol. The van der Waals surface area contributed by atoms with Crippen molar-refractivity contribution in [1.82, 2.24) is 9.78 Å². The second-order valence-electron chi connectivity index (χ2n) is 3.56. The third kappa shape index (κ3) is 1.95. The van der Waals surface area contributed by atoms with Gasteiger partial charge in [-0.3, -0.25) is 10.1 Å². The molecule has 0 amide bonds. The maximum absolute atomic E-state index is 13.6. The summed E-state index contributed by atoms with van der Waals surface area (Å²) < 4.78 is 14.7. The van der Waals surface area contributed by atoms with Gasteiger partial charge >= 0.3 is 5.69 Å². The van der Waals surface area contributed by atoms with Crippen LogP contribution in [0.2, 0.25) is 5.15 Å². The third-order valence-electron chi connectivity index (χ3n) is 2.47. The first-order valence-electron chi connectivity index (χ1n) is 5.23. The monoisotopic (exact) mass is 269 g/mol. The zero-order valence-corrected chi connectivity index (χ0v) is 10.2. The summed E-state index contributed by atoms with van der Waals surface area (Å²) in [6.07, 6.45) is 0.345. The van der Waals surface area contributed by atoms with Gasteiger partial charge in [-0.1, -0.05) is 30.7 Å². The van der Waals surface area contributed by atoms with E-state index in [2.05, 4.69) is 5.10 Å². The highest BCUT2D eigenvalue weighted by Gasteiger charge is 2.26. The molecule has 0 aliphatic carbocycles. The van der Waals surface area contributed by atoms with Gasteiger partial charge in [-0.15, -0.1) is 0 Å². The molecule has 0 unspecified atom stereocenters. The van der Waals surface area contributed by atoms with Crippen molar-refractivity contribution in [3.05, 3.63) is 51.0 Å². The highest BCUT2D eigenvalue weighted by Crippen LogP contribution is 2.31. The van der Waals surface area contributed by atoms with E-state index < -0.39 is 10.7 Å². The molecule has 5 nitrogen and oxygen atoms in total. The van der Waals surface area contributed by atoms with Gasteiger partial charge in [0.15, 0.2) is 0 Å². The van der Waals surface area contributed by atoms with Crippen LogP contribution < -0.4 is 0 Å². The fourth-order valence-electron chi connectivity index (χ4n) is 1.63. The molecule has 0 aliphatic rings. The zero-order chi connectivity index (χ0) is 13.3. The number of hydrogen-bond donors (Lipinski definition) is 0. The Hall–Kier alpha value is -1.95. The van der Waals surface area contributed by atoms with Gasteiger partial charge < -0.3 is 0 Å². The van der Waals surface area contributed by atoms with Crippen LogP contribution in [0.5, 0.6) is 0 Å². The van der Waals surface area contributed by atoms with Crippen molar-refractivity contribution in [3.8, 4) is 5.69 Å². The molecular formula is C11H9ClFN3O2. The smallest absolute Gasteiger partial charge is 0.258 e. The fourth-order valence-corrected chi connectivity index (χ4v) is 1.94. The second-order valence-corrected chi connectivity index (χ2v) is 3.92. The number of nitro groups is 1. The Bertz CT molecular complexity index is 612. The number of para-hydroxylation sites is 1. The van der Waals surface area contributed by atoms with Crippen LogP contribution in [0.25, 0.3) is 5.69 Å². The van der Waals surface area contributed by atoms with E-state index in [-0.39, 0.29) is 22.2 Å². The molecule has 0 bridgehead atoms. The lowest BCUT2D eigenvalue weighted by Crippen LogP contribution is -2.00. The number of nitrogens with zero attached hydrogens (tertiary/aromatic N) is 3. The van der Waals surface area contributed by atoms with E-state index in [1.54, 1.807) is 13.0 Å². The Kier molecular flexibility index (Phi) is 3.29. The lowest BCUT2D eigenvalue weighted by atomic mass is 10.3. The predicted octanol–water partition coefficient (Wildman–Crippen LogP) is 3.14. The van der Waals surface area contributed by atoms with Gasteiger partial charge in [-0.05, 0) is 18.6 Å². The number of aryl methyl sites for hydroxylation is 1. The zero-order valence-electron chi connectivity index (χ0n) is 9.43. The van der Waals surface area contributed by atoms with Crippen molar-refractivity contribution in [2.45, 2.75) is 13.3 Å². The maximum atomic E-state index is 13.6. The van der Waals surface area contributed by atoms with Gasteiger partial charge in [0.05, 0.1) is 4.92 Å². The summed E-state index contributed by atoms with van der Waals surface area (Å²) in [7, 11) is 0. The normalized spacial score (nSPS) is 10.6. The van der Waals surface area contributed by atoms with E-state index in [1.165, 1.54) is 18.2 Å². The third-order valence-corrected chi connectivity index (χ3v) is 2.81. The van der Waals surface area contributed by atoms with Gasteiger partial charge in [0, 0.05) is 0 Å². The summed E-state index contributed by atoms with van der Waals surface area (Å²) in [6, 6.07) is 5.82. The van der Waals surface area contributed by atoms with Gasteiger partial charge in [0.2, 0.25) is 5.15 Å². The average Bonchev–Trinajstić information content (AvgIpc) is 2.67. The standard InChI is InChI=1S/C11H9ClFN3O2/c1-2-8-10(16(17)18)11(12)15(14-8)9-6-4-3-5-7(9)13/h3-6H,2H2,1H3. The molecule has 1 aromatic carbocycles. The summed E-state index contributed by atoms with van der Waals surface area (Å²) >= 11 is 5.90. The van der Waals surface area contributed by atoms with E-state index in [9.17, 15) is 14.5 Å². The van der Waals surface area contributed by atoms with Crippen LogP contribution in [0.3, 0.4) is 0 Å². The van der Waals surface area contributed by atoms with Crippen molar-refractivity contribution in [1.29, 1.82) is 0 Å². The largest absolute Gasteiger partial charge is 0.329 e. The molecule has 0 radical (unpaired) electrons. The topological polar surface area (TPSA) is 61.0 Å². The van der Waals surface area contributed by atoms with Gasteiger partial charge in [0.1, 0.15) is 17.2 Å². The number of rotatable bonds is 3. The van der Waals surface area contributed by atoms with E-state index in [0.29, 0.717) is 6.42 Å². The summed E-state index contributed by atoms with van der Waals surface area (Å²) in [5, 5.41) is 14.7. The van der Waals surface area contributed by atoms with Crippen LogP contribution in [-0.2, 0) is 6.42 Å². The van der Waals surface area contributed by atoms with Crippen molar-refractivity contribution in [2.24, 2.45) is 0 Å². The summed E-state index contributed by atoms with van der Waals surface area (Å²) in [4.78, 5) is 10.3. The number of benzene rings is 1. The number of hydrogen-bond acceptors (Lipinski definition) is 3. The molecule has 94 valence electrons. The lowest BCUT2D eigenvalue weighted by molar-refractivity contribution is -0.385. The van der Waals surface area contributed by atoms with Crippen LogP contribution in [-0.4, -0.2) is 14.7 Å². The summed E-state index contributed by atoms with van der Waals surface area (Å²) in [5.74, 6) is -0.542. The molecule has 1 heterocycles. The molecule has 2 rings (SSSR count). The average molecular weight is 270 g/mol. The Morgan fingerprint density at radius 2 is 2.17 bits per heavy atom. The van der Waals surface area contributed by atoms with Gasteiger partial charge in [0.25, 0.3) is 0 Å². The van der Waals surface area contributed by atoms with E-state index >= 15 is 0 Å². The van der Waals surface area contributed by atoms with Crippen LogP contribution in [0.1, 0.15) is 12.6 Å². The first kappa shape index (κ1) is 12.5. The minimum Gasteiger partial charge on any atom is -0.258 e. The molecule has 18 heavy (non-hydrogen) atoms. The first-order chi connectivity index (χ1) is 8.56. The summed E-state index contributed by atoms with van der Waals surface area (Å²) in [6.45, 7) is 1.72. The van der Waals surface area contributed by atoms with Crippen molar-refractivity contribution in [3.63, 3.8) is 0 Å². The Morgan fingerprint density at radius 1 is 1.50 bits per heavy atom. The van der Waals surface area contributed by atoms with Crippen molar-refractivity contribution < 1.29 is 9.31 Å². The van der Waals surface area contributed by atoms with Crippen molar-refractivity contribution in [2.75, 3.05) is 0 Å². The van der Waals surface area contributed by atoms with Crippen LogP contribution in [0.4, 0.5) is 10.1 Å². The Morgan fingerprint density at radius 3 is 2.67 bits per heavy atom. The minimum absolute atomic E-state index is 0.0882. The molecule has 7 heteroatoms. The Balaban J connectivity index is 2.67. The highest BCUT2D eigenvalue weighted by atomic mass is 35.5.